The van der Waals surface area contributed by atoms with Gasteiger partial charge in [-0.15, -0.1) is 0 Å². The first kappa shape index (κ1) is 14.6. The molecule has 0 spiro atoms. The Morgan fingerprint density at radius 2 is 2.16 bits per heavy atom. The van der Waals surface area contributed by atoms with E-state index in [9.17, 15) is 4.79 Å². The molecular formula is C14H22BrN3O. The molecule has 0 atom stereocenters. The maximum atomic E-state index is 12.2. The zero-order valence-corrected chi connectivity index (χ0v) is 13.6. The van der Waals surface area contributed by atoms with Gasteiger partial charge in [-0.1, -0.05) is 13.8 Å². The van der Waals surface area contributed by atoms with Crippen molar-refractivity contribution in [3.63, 3.8) is 0 Å². The van der Waals surface area contributed by atoms with Crippen LogP contribution in [0.25, 0.3) is 0 Å². The highest BCUT2D eigenvalue weighted by atomic mass is 79.9. The summed E-state index contributed by atoms with van der Waals surface area (Å²) in [7, 11) is 0. The molecule has 0 unspecified atom stereocenters. The summed E-state index contributed by atoms with van der Waals surface area (Å²) in [5.41, 5.74) is 0.744. The molecule has 0 aliphatic heterocycles. The molecule has 0 amide bonds. The van der Waals surface area contributed by atoms with E-state index in [0.29, 0.717) is 22.9 Å². The van der Waals surface area contributed by atoms with Crippen LogP contribution in [0.5, 0.6) is 0 Å². The van der Waals surface area contributed by atoms with Gasteiger partial charge >= 0.3 is 0 Å². The van der Waals surface area contributed by atoms with Gasteiger partial charge in [-0.05, 0) is 54.5 Å². The Hall–Kier alpha value is -0.840. The van der Waals surface area contributed by atoms with Gasteiger partial charge < -0.3 is 5.32 Å². The summed E-state index contributed by atoms with van der Waals surface area (Å²) in [5, 5.41) is 7.70. The van der Waals surface area contributed by atoms with Crippen LogP contribution in [0.15, 0.2) is 15.5 Å². The van der Waals surface area contributed by atoms with E-state index in [1.54, 1.807) is 6.20 Å². The molecule has 1 aliphatic carbocycles. The van der Waals surface area contributed by atoms with E-state index in [-0.39, 0.29) is 11.1 Å². The number of nitrogens with one attached hydrogen (secondary N) is 1. The topological polar surface area (TPSA) is 46.9 Å². The lowest BCUT2D eigenvalue weighted by molar-refractivity contribution is 0.459. The van der Waals surface area contributed by atoms with Crippen molar-refractivity contribution in [2.45, 2.75) is 52.6 Å². The van der Waals surface area contributed by atoms with E-state index in [0.717, 1.165) is 5.69 Å². The van der Waals surface area contributed by atoms with Crippen LogP contribution in [-0.2, 0) is 6.54 Å². The van der Waals surface area contributed by atoms with Crippen molar-refractivity contribution in [2.75, 3.05) is 5.32 Å². The summed E-state index contributed by atoms with van der Waals surface area (Å²) in [5.74, 6) is 1.09. The van der Waals surface area contributed by atoms with E-state index >= 15 is 0 Å². The molecule has 0 radical (unpaired) electrons. The van der Waals surface area contributed by atoms with E-state index in [1.165, 1.54) is 17.5 Å². The van der Waals surface area contributed by atoms with Crippen molar-refractivity contribution in [2.24, 2.45) is 11.8 Å². The number of hydrogen-bond acceptors (Lipinski definition) is 3. The second-order valence-electron chi connectivity index (χ2n) is 6.37. The Kier molecular flexibility index (Phi) is 4.04. The smallest absolute Gasteiger partial charge is 0.283 e. The van der Waals surface area contributed by atoms with Gasteiger partial charge in [0.05, 0.1) is 11.9 Å². The van der Waals surface area contributed by atoms with E-state index in [4.69, 9.17) is 0 Å². The van der Waals surface area contributed by atoms with Gasteiger partial charge in [0.15, 0.2) is 0 Å². The molecule has 0 bridgehead atoms. The fourth-order valence-corrected chi connectivity index (χ4v) is 2.69. The minimum absolute atomic E-state index is 0.0148. The molecule has 4 nitrogen and oxygen atoms in total. The SMILES string of the molecule is CC(C)Cn1ncc(NC(C)(C)C2CC2)c(Br)c1=O. The average Bonchev–Trinajstić information content (AvgIpc) is 3.12. The molecular weight excluding hydrogens is 306 g/mol. The largest absolute Gasteiger partial charge is 0.378 e. The molecule has 2 rings (SSSR count). The predicted octanol–water partition coefficient (Wildman–Crippen LogP) is 3.26. The van der Waals surface area contributed by atoms with Crippen molar-refractivity contribution < 1.29 is 0 Å². The van der Waals surface area contributed by atoms with Crippen molar-refractivity contribution in [3.05, 3.63) is 21.0 Å². The van der Waals surface area contributed by atoms with Crippen LogP contribution in [0.1, 0.15) is 40.5 Å². The number of rotatable bonds is 5. The number of halogens is 1. The molecule has 106 valence electrons. The molecule has 19 heavy (non-hydrogen) atoms. The highest BCUT2D eigenvalue weighted by molar-refractivity contribution is 9.10. The third-order valence-electron chi connectivity index (χ3n) is 3.58. The first-order chi connectivity index (χ1) is 8.81. The number of hydrogen-bond donors (Lipinski definition) is 1. The average molecular weight is 328 g/mol. The van der Waals surface area contributed by atoms with Crippen LogP contribution in [0.2, 0.25) is 0 Å². The first-order valence-corrected chi connectivity index (χ1v) is 7.64. The van der Waals surface area contributed by atoms with Crippen LogP contribution in [0, 0.1) is 11.8 Å². The molecule has 5 heteroatoms. The third kappa shape index (κ3) is 3.38. The minimum Gasteiger partial charge on any atom is -0.378 e. The first-order valence-electron chi connectivity index (χ1n) is 6.85. The van der Waals surface area contributed by atoms with E-state index < -0.39 is 0 Å². The summed E-state index contributed by atoms with van der Waals surface area (Å²) >= 11 is 3.41. The zero-order chi connectivity index (χ0) is 14.2. The molecule has 1 N–H and O–H groups in total. The van der Waals surface area contributed by atoms with Crippen molar-refractivity contribution in [1.29, 1.82) is 0 Å². The molecule has 1 saturated carbocycles. The Morgan fingerprint density at radius 3 is 2.68 bits per heavy atom. The van der Waals surface area contributed by atoms with E-state index in [1.807, 2.05) is 0 Å². The van der Waals surface area contributed by atoms with Crippen LogP contribution in [-0.4, -0.2) is 15.3 Å². The maximum absolute atomic E-state index is 12.2. The molecule has 0 aromatic carbocycles. The molecule has 1 fully saturated rings. The number of anilines is 1. The lowest BCUT2D eigenvalue weighted by Gasteiger charge is -2.28. The summed E-state index contributed by atoms with van der Waals surface area (Å²) < 4.78 is 2.10. The van der Waals surface area contributed by atoms with Crippen molar-refractivity contribution in [1.82, 2.24) is 9.78 Å². The summed E-state index contributed by atoms with van der Waals surface area (Å²) in [6.07, 6.45) is 4.27. The van der Waals surface area contributed by atoms with E-state index in [2.05, 4.69) is 54.0 Å². The Labute approximate surface area is 122 Å². The van der Waals surface area contributed by atoms with Gasteiger partial charge in [0.25, 0.3) is 5.56 Å². The normalized spacial score (nSPS) is 15.9. The van der Waals surface area contributed by atoms with Gasteiger partial charge in [-0.3, -0.25) is 4.79 Å². The molecule has 1 heterocycles. The Balaban J connectivity index is 2.23. The third-order valence-corrected chi connectivity index (χ3v) is 4.34. The quantitative estimate of drug-likeness (QED) is 0.902. The second-order valence-corrected chi connectivity index (χ2v) is 7.17. The van der Waals surface area contributed by atoms with Gasteiger partial charge in [0.1, 0.15) is 4.47 Å². The van der Waals surface area contributed by atoms with Gasteiger partial charge in [-0.25, -0.2) is 4.68 Å². The van der Waals surface area contributed by atoms with Gasteiger partial charge in [0, 0.05) is 12.1 Å². The second kappa shape index (κ2) is 5.27. The molecule has 0 saturated heterocycles. The van der Waals surface area contributed by atoms with Crippen LogP contribution in [0.3, 0.4) is 0 Å². The van der Waals surface area contributed by atoms with Crippen LogP contribution >= 0.6 is 15.9 Å². The highest BCUT2D eigenvalue weighted by Gasteiger charge is 2.38. The van der Waals surface area contributed by atoms with Crippen LogP contribution < -0.4 is 10.9 Å². The summed E-state index contributed by atoms with van der Waals surface area (Å²) in [6.45, 7) is 9.14. The number of nitrogens with zero attached hydrogens (tertiary/aromatic N) is 2. The summed E-state index contributed by atoms with van der Waals surface area (Å²) in [4.78, 5) is 12.2. The van der Waals surface area contributed by atoms with Gasteiger partial charge in [0.2, 0.25) is 0 Å². The maximum Gasteiger partial charge on any atom is 0.283 e. The minimum atomic E-state index is -0.0645. The Morgan fingerprint density at radius 1 is 1.53 bits per heavy atom. The predicted molar refractivity (Wildman–Crippen MR) is 81.5 cm³/mol. The standard InChI is InChI=1S/C14H22BrN3O/c1-9(2)8-18-13(19)12(15)11(7-16-18)17-14(3,4)10-5-6-10/h7,9-10,17H,5-6,8H2,1-4H3. The fourth-order valence-electron chi connectivity index (χ4n) is 2.28. The highest BCUT2D eigenvalue weighted by Crippen LogP contribution is 2.41. The van der Waals surface area contributed by atoms with Crippen molar-refractivity contribution >= 4 is 21.6 Å². The molecule has 1 aromatic heterocycles. The fraction of sp³-hybridized carbons (Fsp3) is 0.714. The monoisotopic (exact) mass is 327 g/mol. The molecule has 1 aliphatic rings. The summed E-state index contributed by atoms with van der Waals surface area (Å²) in [6, 6.07) is 0. The lowest BCUT2D eigenvalue weighted by Crippen LogP contribution is -2.35. The molecule has 1 aromatic rings. The number of aromatic nitrogens is 2. The van der Waals surface area contributed by atoms with Crippen LogP contribution in [0.4, 0.5) is 5.69 Å². The van der Waals surface area contributed by atoms with Gasteiger partial charge in [-0.2, -0.15) is 5.10 Å². The zero-order valence-electron chi connectivity index (χ0n) is 12.0. The Bertz CT molecular complexity index is 518. The van der Waals surface area contributed by atoms with Crippen molar-refractivity contribution in [3.8, 4) is 0 Å². The lowest BCUT2D eigenvalue weighted by atomic mass is 9.98.